The van der Waals surface area contributed by atoms with Gasteiger partial charge in [-0.3, -0.25) is 4.99 Å². The van der Waals surface area contributed by atoms with Crippen molar-refractivity contribution in [3.8, 4) is 5.88 Å². The molecule has 0 spiro atoms. The smallest absolute Gasteiger partial charge is 0.213 e. The molecule has 3 rings (SSSR count). The summed E-state index contributed by atoms with van der Waals surface area (Å²) in [5.74, 6) is 2.61. The summed E-state index contributed by atoms with van der Waals surface area (Å²) in [7, 11) is 4.04. The number of aliphatic imine (C=N–C) groups is 1. The maximum Gasteiger partial charge on any atom is 0.213 e. The molecule has 1 fully saturated rings. The number of pyridine rings is 1. The summed E-state index contributed by atoms with van der Waals surface area (Å²) in [5, 5.41) is 0.379. The summed E-state index contributed by atoms with van der Waals surface area (Å²) < 4.78 is 25.6. The molecule has 3 atom stereocenters. The molecular formula is C30H43ClFN3O2. The Kier molecular flexibility index (Phi) is 12.1. The van der Waals surface area contributed by atoms with Gasteiger partial charge in [-0.15, -0.1) is 0 Å². The first-order valence-electron chi connectivity index (χ1n) is 13.7. The summed E-state index contributed by atoms with van der Waals surface area (Å²) in [4.78, 5) is 11.6. The Morgan fingerprint density at radius 3 is 2.65 bits per heavy atom. The number of amidine groups is 1. The van der Waals surface area contributed by atoms with Gasteiger partial charge in [-0.1, -0.05) is 49.4 Å². The van der Waals surface area contributed by atoms with Gasteiger partial charge < -0.3 is 14.4 Å². The van der Waals surface area contributed by atoms with Crippen LogP contribution in [0.4, 0.5) is 4.39 Å². The lowest BCUT2D eigenvalue weighted by Gasteiger charge is -2.29. The van der Waals surface area contributed by atoms with Gasteiger partial charge in [-0.25, -0.2) is 9.37 Å². The Bertz CT molecular complexity index is 1000. The minimum Gasteiger partial charge on any atom is -0.473 e. The van der Waals surface area contributed by atoms with E-state index in [-0.39, 0.29) is 18.5 Å². The first kappa shape index (κ1) is 29.4. The fraction of sp³-hybridized carbons (Fsp3) is 0.600. The predicted octanol–water partition coefficient (Wildman–Crippen LogP) is 7.36. The van der Waals surface area contributed by atoms with Gasteiger partial charge in [0.2, 0.25) is 5.88 Å². The first-order valence-corrected chi connectivity index (χ1v) is 14.1. The second-order valence-electron chi connectivity index (χ2n) is 10.3. The van der Waals surface area contributed by atoms with Crippen LogP contribution in [0.3, 0.4) is 0 Å². The van der Waals surface area contributed by atoms with Gasteiger partial charge in [0.15, 0.2) is 0 Å². The number of hydrogen-bond donors (Lipinski definition) is 0. The molecule has 0 radical (unpaired) electrons. The van der Waals surface area contributed by atoms with E-state index in [9.17, 15) is 4.39 Å². The first-order chi connectivity index (χ1) is 17.9. The lowest BCUT2D eigenvalue weighted by atomic mass is 9.82. The highest BCUT2D eigenvalue weighted by molar-refractivity contribution is 6.30. The molecule has 1 heterocycles. The monoisotopic (exact) mass is 531 g/mol. The fourth-order valence-electron chi connectivity index (χ4n) is 5.28. The fourth-order valence-corrected chi connectivity index (χ4v) is 5.44. The highest BCUT2D eigenvalue weighted by Gasteiger charge is 2.21. The zero-order valence-corrected chi connectivity index (χ0v) is 23.6. The van der Waals surface area contributed by atoms with Gasteiger partial charge in [-0.2, -0.15) is 0 Å². The predicted molar refractivity (Wildman–Crippen MR) is 150 cm³/mol. The summed E-state index contributed by atoms with van der Waals surface area (Å²) >= 11 is 5.85. The van der Waals surface area contributed by atoms with Crippen molar-refractivity contribution in [2.75, 3.05) is 27.2 Å². The molecule has 1 aliphatic carbocycles. The third kappa shape index (κ3) is 9.90. The van der Waals surface area contributed by atoms with E-state index in [2.05, 4.69) is 29.9 Å². The average molecular weight is 532 g/mol. The Balaban J connectivity index is 1.52. The summed E-state index contributed by atoms with van der Waals surface area (Å²) in [6.45, 7) is 5.89. The number of halogens is 2. The van der Waals surface area contributed by atoms with E-state index in [1.54, 1.807) is 12.1 Å². The quantitative estimate of drug-likeness (QED) is 0.224. The van der Waals surface area contributed by atoms with Crippen molar-refractivity contribution in [2.24, 2.45) is 16.8 Å². The molecule has 0 bridgehead atoms. The van der Waals surface area contributed by atoms with Crippen molar-refractivity contribution < 1.29 is 13.9 Å². The molecule has 37 heavy (non-hydrogen) atoms. The lowest BCUT2D eigenvalue weighted by Crippen LogP contribution is -2.35. The van der Waals surface area contributed by atoms with Crippen LogP contribution in [0.25, 0.3) is 0 Å². The van der Waals surface area contributed by atoms with E-state index in [4.69, 9.17) is 26.1 Å². The van der Waals surface area contributed by atoms with Crippen LogP contribution in [-0.2, 0) is 17.8 Å². The number of ether oxygens (including phenoxy) is 2. The van der Waals surface area contributed by atoms with Crippen molar-refractivity contribution >= 4 is 17.4 Å². The minimum absolute atomic E-state index is 0.129. The van der Waals surface area contributed by atoms with Gasteiger partial charge in [0.25, 0.3) is 0 Å². The van der Waals surface area contributed by atoms with E-state index in [0.717, 1.165) is 31.7 Å². The van der Waals surface area contributed by atoms with Crippen LogP contribution in [-0.4, -0.2) is 49.1 Å². The lowest BCUT2D eigenvalue weighted by molar-refractivity contribution is 0.0634. The third-order valence-electron chi connectivity index (χ3n) is 7.28. The molecule has 1 saturated carbocycles. The zero-order valence-electron chi connectivity index (χ0n) is 22.9. The number of hydrogen-bond acceptors (Lipinski definition) is 4. The molecule has 2 aromatic rings. The molecule has 204 valence electrons. The molecule has 5 nitrogen and oxygen atoms in total. The van der Waals surface area contributed by atoms with E-state index >= 15 is 0 Å². The van der Waals surface area contributed by atoms with Crippen LogP contribution in [0.15, 0.2) is 41.4 Å². The number of rotatable bonds is 11. The minimum atomic E-state index is -0.362. The topological polar surface area (TPSA) is 47.0 Å². The number of likely N-dealkylation sites (N-methyl/N-ethyl adjacent to an activating group) is 1. The van der Waals surface area contributed by atoms with E-state index in [1.807, 2.05) is 26.1 Å². The van der Waals surface area contributed by atoms with Gasteiger partial charge in [0.1, 0.15) is 12.4 Å². The van der Waals surface area contributed by atoms with Crippen molar-refractivity contribution in [1.82, 2.24) is 9.88 Å². The summed E-state index contributed by atoms with van der Waals surface area (Å²) in [6.07, 6.45) is 9.60. The van der Waals surface area contributed by atoms with E-state index in [0.29, 0.717) is 28.3 Å². The van der Waals surface area contributed by atoms with Crippen LogP contribution in [0, 0.1) is 17.7 Å². The van der Waals surface area contributed by atoms with Gasteiger partial charge in [0.05, 0.1) is 11.9 Å². The molecule has 0 amide bonds. The molecule has 1 aliphatic rings. The molecule has 3 unspecified atom stereocenters. The van der Waals surface area contributed by atoms with Crippen molar-refractivity contribution in [3.63, 3.8) is 0 Å². The zero-order chi connectivity index (χ0) is 26.6. The van der Waals surface area contributed by atoms with Crippen LogP contribution >= 0.6 is 11.6 Å². The molecule has 0 N–H and O–H groups in total. The SMILES string of the molecule is CCOC(C)CN(C)C(CC1CCCCC(Cc2cccc(OCc3ccc(Cl)cc3F)n2)CC1)=NC. The van der Waals surface area contributed by atoms with Gasteiger partial charge in [0, 0.05) is 56.0 Å². The van der Waals surface area contributed by atoms with Crippen molar-refractivity contribution in [3.05, 3.63) is 58.5 Å². The highest BCUT2D eigenvalue weighted by Crippen LogP contribution is 2.31. The normalized spacial score (nSPS) is 19.7. The Labute approximate surface area is 227 Å². The third-order valence-corrected chi connectivity index (χ3v) is 7.51. The molecule has 7 heteroatoms. The largest absolute Gasteiger partial charge is 0.473 e. The molecular weight excluding hydrogens is 489 g/mol. The molecule has 1 aromatic heterocycles. The second kappa shape index (κ2) is 15.3. The van der Waals surface area contributed by atoms with Crippen LogP contribution in [0.1, 0.15) is 70.1 Å². The number of aromatic nitrogens is 1. The van der Waals surface area contributed by atoms with Crippen molar-refractivity contribution in [1.29, 1.82) is 0 Å². The van der Waals surface area contributed by atoms with Gasteiger partial charge >= 0.3 is 0 Å². The molecule has 0 saturated heterocycles. The standard InChI is InChI=1S/C30H43ClFN3O2/c1-5-36-22(2)20-35(4)29(33-3)18-24-10-7-6-9-23(13-14-24)17-27-11-8-12-30(34-27)37-21-25-15-16-26(31)19-28(25)32/h8,11-12,15-16,19,22-24H,5-7,9-10,13-14,17-18,20-21H2,1-4H3. The maximum absolute atomic E-state index is 14.1. The summed E-state index contributed by atoms with van der Waals surface area (Å²) in [6, 6.07) is 10.5. The van der Waals surface area contributed by atoms with Gasteiger partial charge in [-0.05, 0) is 63.1 Å². The second-order valence-corrected chi connectivity index (χ2v) is 10.7. The summed E-state index contributed by atoms with van der Waals surface area (Å²) in [5.41, 5.74) is 1.51. The molecule has 0 aliphatic heterocycles. The van der Waals surface area contributed by atoms with Crippen LogP contribution < -0.4 is 4.74 Å². The maximum atomic E-state index is 14.1. The highest BCUT2D eigenvalue weighted by atomic mass is 35.5. The Morgan fingerprint density at radius 1 is 1.16 bits per heavy atom. The van der Waals surface area contributed by atoms with Crippen LogP contribution in [0.2, 0.25) is 5.02 Å². The Morgan fingerprint density at radius 2 is 1.92 bits per heavy atom. The van der Waals surface area contributed by atoms with E-state index in [1.165, 1.54) is 50.4 Å². The number of benzene rings is 1. The average Bonchev–Trinajstić information content (AvgIpc) is 2.85. The number of nitrogens with zero attached hydrogens (tertiary/aromatic N) is 3. The van der Waals surface area contributed by atoms with Crippen molar-refractivity contribution in [2.45, 2.75) is 77.9 Å². The van der Waals surface area contributed by atoms with Crippen LogP contribution in [0.5, 0.6) is 5.88 Å². The molecule has 1 aromatic carbocycles. The van der Waals surface area contributed by atoms with E-state index < -0.39 is 0 Å². The Hall–Kier alpha value is -2.18.